The van der Waals surface area contributed by atoms with Gasteiger partial charge in [0.1, 0.15) is 12.4 Å². The van der Waals surface area contributed by atoms with Crippen molar-refractivity contribution in [1.29, 1.82) is 0 Å². The number of nitrogens with zero attached hydrogens (tertiary/aromatic N) is 1. The van der Waals surface area contributed by atoms with Gasteiger partial charge in [-0.2, -0.15) is 13.2 Å². The van der Waals surface area contributed by atoms with E-state index in [0.29, 0.717) is 28.0 Å². The lowest BCUT2D eigenvalue weighted by Gasteiger charge is -2.14. The largest absolute Gasteiger partial charge is 0.489 e. The maximum Gasteiger partial charge on any atom is 0.418 e. The molecule has 34 heavy (non-hydrogen) atoms. The summed E-state index contributed by atoms with van der Waals surface area (Å²) in [4.78, 5) is 24.6. The van der Waals surface area contributed by atoms with E-state index in [1.54, 1.807) is 48.5 Å². The molecule has 5 nitrogen and oxygen atoms in total. The lowest BCUT2D eigenvalue weighted by Crippen LogP contribution is -2.06. The molecule has 0 bridgehead atoms. The van der Waals surface area contributed by atoms with E-state index in [4.69, 9.17) is 9.62 Å². The second kappa shape index (κ2) is 9.43. The van der Waals surface area contributed by atoms with E-state index in [1.165, 1.54) is 19.2 Å². The Morgan fingerprint density at radius 2 is 1.76 bits per heavy atom. The normalized spacial score (nSPS) is 11.3. The minimum atomic E-state index is -4.50. The lowest BCUT2D eigenvalue weighted by atomic mass is 9.99. The molecule has 0 atom stereocenters. The van der Waals surface area contributed by atoms with E-state index in [9.17, 15) is 18.0 Å². The molecule has 0 radical (unpaired) electrons. The third-order valence-corrected chi connectivity index (χ3v) is 5.26. The molecule has 4 aromatic rings. The molecular weight excluding hydrogens is 447 g/mol. The summed E-state index contributed by atoms with van der Waals surface area (Å²) < 4.78 is 46.2. The van der Waals surface area contributed by atoms with E-state index in [1.807, 2.05) is 13.0 Å². The van der Waals surface area contributed by atoms with Gasteiger partial charge in [0.2, 0.25) is 0 Å². The Kier molecular flexibility index (Phi) is 6.40. The second-order valence-electron chi connectivity index (χ2n) is 7.57. The number of pyridine rings is 1. The smallest absolute Gasteiger partial charge is 0.418 e. The molecule has 1 aromatic heterocycles. The van der Waals surface area contributed by atoms with Crippen molar-refractivity contribution in [3.63, 3.8) is 0 Å². The van der Waals surface area contributed by atoms with Crippen molar-refractivity contribution in [3.05, 3.63) is 89.6 Å². The molecule has 0 amide bonds. The number of alkyl halides is 3. The number of para-hydroxylation sites is 1. The summed E-state index contributed by atoms with van der Waals surface area (Å²) in [7, 11) is 0. The van der Waals surface area contributed by atoms with Gasteiger partial charge in [-0.25, -0.2) is 4.79 Å². The molecule has 174 valence electrons. The van der Waals surface area contributed by atoms with Crippen LogP contribution in [0.5, 0.6) is 11.5 Å². The number of halogens is 3. The third-order valence-electron chi connectivity index (χ3n) is 5.26. The Balaban J connectivity index is 1.60. The van der Waals surface area contributed by atoms with Crippen molar-refractivity contribution in [3.8, 4) is 22.6 Å². The van der Waals surface area contributed by atoms with E-state index in [0.717, 1.165) is 17.2 Å². The van der Waals surface area contributed by atoms with Crippen molar-refractivity contribution in [2.45, 2.75) is 26.6 Å². The number of benzene rings is 3. The van der Waals surface area contributed by atoms with E-state index in [2.05, 4.69) is 9.87 Å². The Morgan fingerprint density at radius 3 is 2.53 bits per heavy atom. The van der Waals surface area contributed by atoms with Gasteiger partial charge in [0.25, 0.3) is 0 Å². The Labute approximate surface area is 193 Å². The van der Waals surface area contributed by atoms with Crippen LogP contribution in [0.25, 0.3) is 22.0 Å². The highest BCUT2D eigenvalue weighted by molar-refractivity contribution is 5.96. The molecule has 4 rings (SSSR count). The number of hydrogen-bond donors (Lipinski definition) is 0. The summed E-state index contributed by atoms with van der Waals surface area (Å²) in [6.45, 7) is 3.27. The van der Waals surface area contributed by atoms with Crippen LogP contribution in [0.4, 0.5) is 13.2 Å². The molecule has 0 aliphatic carbocycles. The fraction of sp³-hybridized carbons (Fsp3) is 0.154. The third kappa shape index (κ3) is 4.96. The fourth-order valence-corrected chi connectivity index (χ4v) is 3.58. The number of carbonyl (C=O) groups is 1. The van der Waals surface area contributed by atoms with Crippen LogP contribution in [0, 0.1) is 6.92 Å². The molecule has 0 spiro atoms. The van der Waals surface area contributed by atoms with Gasteiger partial charge in [-0.05, 0) is 53.9 Å². The molecular formula is C26H20F3NO4. The number of rotatable bonds is 6. The van der Waals surface area contributed by atoms with E-state index >= 15 is 0 Å². The monoisotopic (exact) mass is 467 g/mol. The molecule has 0 unspecified atom stereocenters. The van der Waals surface area contributed by atoms with Gasteiger partial charge in [0.05, 0.1) is 11.1 Å². The SMILES string of the molecule is CC(=O)OOc1cccc(COc2cccc(-c3ccnc4c(C(F)(F)F)cccc34)c2)c1C. The van der Waals surface area contributed by atoms with Crippen LogP contribution >= 0.6 is 0 Å². The predicted octanol–water partition coefficient (Wildman–Crippen LogP) is 6.66. The average molecular weight is 467 g/mol. The summed E-state index contributed by atoms with van der Waals surface area (Å²) in [6, 6.07) is 18.1. The summed E-state index contributed by atoms with van der Waals surface area (Å²) in [5.74, 6) is 0.373. The standard InChI is InChI=1S/C26H20F3NO4/c1-16-19(7-4-11-24(16)34-33-17(2)31)15-32-20-8-3-6-18(14-20)21-12-13-30-25-22(21)9-5-10-23(25)26(27,28)29/h3-14H,15H2,1-2H3. The minimum Gasteiger partial charge on any atom is -0.489 e. The van der Waals surface area contributed by atoms with Gasteiger partial charge in [-0.15, -0.1) is 0 Å². The van der Waals surface area contributed by atoms with Crippen LogP contribution in [0.3, 0.4) is 0 Å². The first-order valence-electron chi connectivity index (χ1n) is 10.4. The first kappa shape index (κ1) is 23.1. The maximum atomic E-state index is 13.4. The van der Waals surface area contributed by atoms with Crippen molar-refractivity contribution in [2.75, 3.05) is 0 Å². The van der Waals surface area contributed by atoms with Gasteiger partial charge in [-0.3, -0.25) is 14.8 Å². The number of fused-ring (bicyclic) bond motifs is 1. The molecule has 3 aromatic carbocycles. The topological polar surface area (TPSA) is 57.7 Å². The first-order chi connectivity index (χ1) is 16.2. The summed E-state index contributed by atoms with van der Waals surface area (Å²) in [5.41, 5.74) is 2.02. The van der Waals surface area contributed by atoms with Gasteiger partial charge >= 0.3 is 12.1 Å². The van der Waals surface area contributed by atoms with Crippen molar-refractivity contribution in [2.24, 2.45) is 0 Å². The van der Waals surface area contributed by atoms with Gasteiger partial charge in [0, 0.05) is 24.1 Å². The Morgan fingerprint density at radius 1 is 1.00 bits per heavy atom. The molecule has 0 N–H and O–H groups in total. The zero-order valence-corrected chi connectivity index (χ0v) is 18.3. The van der Waals surface area contributed by atoms with Crippen LogP contribution in [-0.2, 0) is 22.5 Å². The number of hydrogen-bond acceptors (Lipinski definition) is 5. The molecule has 0 fully saturated rings. The zero-order valence-electron chi connectivity index (χ0n) is 18.3. The highest BCUT2D eigenvalue weighted by Crippen LogP contribution is 2.37. The minimum absolute atomic E-state index is 0.0981. The highest BCUT2D eigenvalue weighted by Gasteiger charge is 2.33. The molecule has 0 saturated carbocycles. The molecule has 0 aliphatic rings. The van der Waals surface area contributed by atoms with Crippen molar-refractivity contribution >= 4 is 16.9 Å². The van der Waals surface area contributed by atoms with Crippen LogP contribution in [-0.4, -0.2) is 11.0 Å². The predicted molar refractivity (Wildman–Crippen MR) is 120 cm³/mol. The summed E-state index contributed by atoms with van der Waals surface area (Å²) >= 11 is 0. The molecule has 0 saturated heterocycles. The Hall–Kier alpha value is -4.07. The quantitative estimate of drug-likeness (QED) is 0.234. The van der Waals surface area contributed by atoms with E-state index in [-0.39, 0.29) is 12.1 Å². The first-order valence-corrected chi connectivity index (χ1v) is 10.4. The number of ether oxygens (including phenoxy) is 1. The number of carbonyl (C=O) groups excluding carboxylic acids is 1. The second-order valence-corrected chi connectivity index (χ2v) is 7.57. The summed E-state index contributed by atoms with van der Waals surface area (Å²) in [6.07, 6.45) is -3.12. The molecule has 0 aliphatic heterocycles. The van der Waals surface area contributed by atoms with Crippen LogP contribution < -0.4 is 9.62 Å². The van der Waals surface area contributed by atoms with E-state index < -0.39 is 17.7 Å². The Bertz CT molecular complexity index is 1350. The lowest BCUT2D eigenvalue weighted by molar-refractivity contribution is -0.211. The average Bonchev–Trinajstić information content (AvgIpc) is 2.81. The van der Waals surface area contributed by atoms with Gasteiger partial charge < -0.3 is 4.74 Å². The highest BCUT2D eigenvalue weighted by atomic mass is 19.4. The molecule has 8 heteroatoms. The van der Waals surface area contributed by atoms with Gasteiger partial charge in [-0.1, -0.05) is 36.4 Å². The van der Waals surface area contributed by atoms with Crippen LogP contribution in [0.15, 0.2) is 72.9 Å². The van der Waals surface area contributed by atoms with Gasteiger partial charge in [0.15, 0.2) is 5.75 Å². The van der Waals surface area contributed by atoms with Crippen LogP contribution in [0.1, 0.15) is 23.6 Å². The van der Waals surface area contributed by atoms with Crippen molar-refractivity contribution in [1.82, 2.24) is 4.98 Å². The molecule has 1 heterocycles. The fourth-order valence-electron chi connectivity index (χ4n) is 3.58. The van der Waals surface area contributed by atoms with Crippen molar-refractivity contribution < 1.29 is 32.5 Å². The van der Waals surface area contributed by atoms with Crippen LogP contribution in [0.2, 0.25) is 0 Å². The zero-order chi connectivity index (χ0) is 24.3. The summed E-state index contributed by atoms with van der Waals surface area (Å²) in [5, 5.41) is 0.403. The number of aromatic nitrogens is 1. The maximum absolute atomic E-state index is 13.4.